The van der Waals surface area contributed by atoms with Crippen molar-refractivity contribution >= 4 is 0 Å². The molecule has 1 aromatic rings. The molecule has 7 fully saturated rings. The summed E-state index contributed by atoms with van der Waals surface area (Å²) in [7, 11) is 1.71. The first-order valence-electron chi connectivity index (χ1n) is 9.37. The van der Waals surface area contributed by atoms with E-state index < -0.39 is 5.72 Å². The van der Waals surface area contributed by atoms with E-state index in [9.17, 15) is 5.11 Å². The number of benzene rings is 1. The molecule has 2 aliphatic heterocycles. The summed E-state index contributed by atoms with van der Waals surface area (Å²) < 4.78 is 5.25. The van der Waals surface area contributed by atoms with Crippen LogP contribution in [0.15, 0.2) is 24.3 Å². The van der Waals surface area contributed by atoms with E-state index in [1.807, 2.05) is 0 Å². The van der Waals surface area contributed by atoms with Gasteiger partial charge in [0.1, 0.15) is 11.5 Å². The highest BCUT2D eigenvalue weighted by Crippen LogP contribution is 2.90. The molecular formula is C20H23NO2. The van der Waals surface area contributed by atoms with Gasteiger partial charge in [0.2, 0.25) is 0 Å². The first-order chi connectivity index (χ1) is 11.2. The molecule has 3 nitrogen and oxygen atoms in total. The fraction of sp³-hybridized carbons (Fsp3) is 0.700. The minimum absolute atomic E-state index is 0.413. The number of aliphatic hydroxyl groups is 1. The number of ether oxygens (including phenoxy) is 1. The molecular weight excluding hydrogens is 286 g/mol. The van der Waals surface area contributed by atoms with Crippen LogP contribution in [0.2, 0.25) is 0 Å². The molecule has 0 unspecified atom stereocenters. The third kappa shape index (κ3) is 1.02. The molecule has 2 heterocycles. The van der Waals surface area contributed by atoms with E-state index in [4.69, 9.17) is 4.74 Å². The summed E-state index contributed by atoms with van der Waals surface area (Å²) in [5.41, 5.74) is 0.946. The lowest BCUT2D eigenvalue weighted by Crippen LogP contribution is -2.51. The van der Waals surface area contributed by atoms with E-state index in [0.29, 0.717) is 11.8 Å². The Morgan fingerprint density at radius 1 is 1.09 bits per heavy atom. The zero-order valence-electron chi connectivity index (χ0n) is 13.4. The predicted molar refractivity (Wildman–Crippen MR) is 84.7 cm³/mol. The van der Waals surface area contributed by atoms with E-state index in [-0.39, 0.29) is 0 Å². The summed E-state index contributed by atoms with van der Waals surface area (Å²) in [4.78, 5) is 2.58. The average Bonchev–Trinajstić information content (AvgIpc) is 3.18. The molecule has 1 aromatic carbocycles. The summed E-state index contributed by atoms with van der Waals surface area (Å²) in [5, 5.41) is 11.7. The molecule has 5 saturated carbocycles. The van der Waals surface area contributed by atoms with Gasteiger partial charge in [-0.05, 0) is 66.0 Å². The van der Waals surface area contributed by atoms with Gasteiger partial charge in [0.05, 0.1) is 7.11 Å². The van der Waals surface area contributed by atoms with Gasteiger partial charge < -0.3 is 9.84 Å². The van der Waals surface area contributed by atoms with Crippen LogP contribution in [0.25, 0.3) is 0 Å². The third-order valence-electron chi connectivity index (χ3n) is 9.01. The van der Waals surface area contributed by atoms with Gasteiger partial charge in [-0.25, -0.2) is 0 Å². The highest BCUT2D eigenvalue weighted by atomic mass is 16.5. The standard InChI is InChI=1S/C20H23NO2/c1-23-10-4-2-9(3-5-10)6-7-21-19-15-11-8-12-14-13(11)16(19)18(14)20(21,22)17(12)15/h2-5,11-19,22H,6-8H2,1H3/t11-,12+,13-,14+,15+,16-,17-,18+,19-,20+/m0/s1. The molecule has 10 atom stereocenters. The smallest absolute Gasteiger partial charge is 0.125 e. The molecule has 1 N–H and O–H groups in total. The van der Waals surface area contributed by atoms with Gasteiger partial charge in [-0.2, -0.15) is 0 Å². The molecule has 3 heteroatoms. The maximum atomic E-state index is 11.7. The normalized spacial score (nSPS) is 58.6. The first-order valence-corrected chi connectivity index (χ1v) is 9.37. The van der Waals surface area contributed by atoms with Gasteiger partial charge in [0, 0.05) is 24.4 Å². The fourth-order valence-electron chi connectivity index (χ4n) is 8.91. The summed E-state index contributed by atoms with van der Waals surface area (Å²) in [6, 6.07) is 9.18. The van der Waals surface area contributed by atoms with E-state index in [1.54, 1.807) is 7.11 Å². The fourth-order valence-corrected chi connectivity index (χ4v) is 8.91. The lowest BCUT2D eigenvalue weighted by molar-refractivity contribution is -0.130. The van der Waals surface area contributed by atoms with Crippen LogP contribution in [0.5, 0.6) is 5.75 Å². The van der Waals surface area contributed by atoms with Crippen LogP contribution in [0.4, 0.5) is 0 Å². The van der Waals surface area contributed by atoms with Crippen LogP contribution >= 0.6 is 0 Å². The van der Waals surface area contributed by atoms with Gasteiger partial charge in [0.15, 0.2) is 0 Å². The molecule has 0 radical (unpaired) electrons. The van der Waals surface area contributed by atoms with Gasteiger partial charge in [-0.3, -0.25) is 4.90 Å². The number of hydrogen-bond donors (Lipinski definition) is 1. The van der Waals surface area contributed by atoms with Crippen molar-refractivity contribution in [2.24, 2.45) is 47.3 Å². The first kappa shape index (κ1) is 12.3. The Balaban J connectivity index is 1.19. The number of nitrogens with zero attached hydrogens (tertiary/aromatic N) is 1. The van der Waals surface area contributed by atoms with Gasteiger partial charge >= 0.3 is 0 Å². The number of rotatable bonds is 4. The van der Waals surface area contributed by atoms with E-state index >= 15 is 0 Å². The van der Waals surface area contributed by atoms with Crippen molar-refractivity contribution in [1.29, 1.82) is 0 Å². The second kappa shape index (κ2) is 3.48. The molecule has 0 amide bonds. The minimum atomic E-state index is -0.413. The van der Waals surface area contributed by atoms with Crippen molar-refractivity contribution in [2.75, 3.05) is 13.7 Å². The van der Waals surface area contributed by atoms with Crippen molar-refractivity contribution in [3.05, 3.63) is 29.8 Å². The second-order valence-corrected chi connectivity index (χ2v) is 8.99. The topological polar surface area (TPSA) is 32.7 Å². The maximum absolute atomic E-state index is 11.7. The van der Waals surface area contributed by atoms with Crippen LogP contribution in [0, 0.1) is 47.3 Å². The Labute approximate surface area is 136 Å². The Hall–Kier alpha value is -1.06. The molecule has 120 valence electrons. The summed E-state index contributed by atoms with van der Waals surface area (Å²) in [6.07, 6.45) is 2.51. The molecule has 7 aliphatic rings. The van der Waals surface area contributed by atoms with E-state index in [0.717, 1.165) is 60.3 Å². The zero-order valence-corrected chi connectivity index (χ0v) is 13.4. The second-order valence-electron chi connectivity index (χ2n) is 8.99. The van der Waals surface area contributed by atoms with Crippen molar-refractivity contribution in [1.82, 2.24) is 4.90 Å². The van der Waals surface area contributed by atoms with Gasteiger partial charge in [0.25, 0.3) is 0 Å². The quantitative estimate of drug-likeness (QED) is 0.923. The van der Waals surface area contributed by atoms with Gasteiger partial charge in [-0.15, -0.1) is 0 Å². The molecule has 23 heavy (non-hydrogen) atoms. The lowest BCUT2D eigenvalue weighted by Gasteiger charge is -2.45. The van der Waals surface area contributed by atoms with Crippen LogP contribution < -0.4 is 4.74 Å². The molecule has 5 aliphatic carbocycles. The Morgan fingerprint density at radius 3 is 2.70 bits per heavy atom. The summed E-state index contributed by atoms with van der Waals surface area (Å²) >= 11 is 0. The van der Waals surface area contributed by atoms with Crippen LogP contribution in [-0.2, 0) is 6.42 Å². The van der Waals surface area contributed by atoms with Crippen LogP contribution in [0.3, 0.4) is 0 Å². The SMILES string of the molecule is COc1ccc(CCN2[C@@H]3[C@H]4[C@H]5[C@@H]6C[C@@H]7[C@H]5[C@H]4[C@]2(O)[C@@H]7[C@@H]63)cc1. The van der Waals surface area contributed by atoms with E-state index in [2.05, 4.69) is 29.2 Å². The van der Waals surface area contributed by atoms with Crippen molar-refractivity contribution in [3.8, 4) is 5.75 Å². The molecule has 4 bridgehead atoms. The van der Waals surface area contributed by atoms with Gasteiger partial charge in [-0.1, -0.05) is 12.1 Å². The highest BCUT2D eigenvalue weighted by Gasteiger charge is 2.93. The Kier molecular flexibility index (Phi) is 1.86. The Bertz CT molecular complexity index is 717. The molecule has 8 rings (SSSR count). The average molecular weight is 309 g/mol. The molecule has 2 saturated heterocycles. The predicted octanol–water partition coefficient (Wildman–Crippen LogP) is 2.00. The van der Waals surface area contributed by atoms with Crippen molar-refractivity contribution < 1.29 is 9.84 Å². The van der Waals surface area contributed by atoms with Crippen molar-refractivity contribution in [3.63, 3.8) is 0 Å². The lowest BCUT2D eigenvalue weighted by atomic mass is 9.59. The largest absolute Gasteiger partial charge is 0.497 e. The number of methoxy groups -OCH3 is 1. The zero-order chi connectivity index (χ0) is 15.1. The third-order valence-corrected chi connectivity index (χ3v) is 9.01. The minimum Gasteiger partial charge on any atom is -0.497 e. The summed E-state index contributed by atoms with van der Waals surface area (Å²) in [5.74, 6) is 7.71. The molecule has 0 aromatic heterocycles. The maximum Gasteiger partial charge on any atom is 0.125 e. The Morgan fingerprint density at radius 2 is 1.91 bits per heavy atom. The monoisotopic (exact) mass is 309 g/mol. The number of hydrogen-bond acceptors (Lipinski definition) is 3. The van der Waals surface area contributed by atoms with Crippen molar-refractivity contribution in [2.45, 2.75) is 24.6 Å². The summed E-state index contributed by atoms with van der Waals surface area (Å²) in [6.45, 7) is 1.03. The van der Waals surface area contributed by atoms with Crippen LogP contribution in [-0.4, -0.2) is 35.4 Å². The van der Waals surface area contributed by atoms with E-state index in [1.165, 1.54) is 12.0 Å². The highest BCUT2D eigenvalue weighted by molar-refractivity contribution is 5.40. The molecule has 0 spiro atoms. The van der Waals surface area contributed by atoms with Crippen LogP contribution in [0.1, 0.15) is 12.0 Å².